The van der Waals surface area contributed by atoms with Crippen LogP contribution in [0.1, 0.15) is 34.8 Å². The van der Waals surface area contributed by atoms with Crippen LogP contribution in [0.5, 0.6) is 0 Å². The van der Waals surface area contributed by atoms with Gasteiger partial charge >= 0.3 is 6.18 Å². The number of hydrogen-bond acceptors (Lipinski definition) is 3. The smallest absolute Gasteiger partial charge is 0.338 e. The number of amides is 1. The maximum absolute atomic E-state index is 13.2. The van der Waals surface area contributed by atoms with E-state index in [0.717, 1.165) is 36.0 Å². The van der Waals surface area contributed by atoms with Crippen LogP contribution in [0.3, 0.4) is 0 Å². The van der Waals surface area contributed by atoms with Crippen molar-refractivity contribution in [2.24, 2.45) is 0 Å². The summed E-state index contributed by atoms with van der Waals surface area (Å²) in [6, 6.07) is 22.0. The van der Waals surface area contributed by atoms with Gasteiger partial charge in [-0.2, -0.15) is 13.2 Å². The van der Waals surface area contributed by atoms with Gasteiger partial charge in [-0.3, -0.25) is 4.79 Å². The van der Waals surface area contributed by atoms with Crippen molar-refractivity contribution in [2.45, 2.75) is 25.1 Å². The summed E-state index contributed by atoms with van der Waals surface area (Å²) in [6.07, 6.45) is -2.98. The number of benzene rings is 3. The summed E-state index contributed by atoms with van der Waals surface area (Å²) >= 11 is 0. The fourth-order valence-corrected chi connectivity index (χ4v) is 4.50. The highest BCUT2D eigenvalue weighted by molar-refractivity contribution is 5.94. The summed E-state index contributed by atoms with van der Waals surface area (Å²) in [4.78, 5) is 19.3. The number of rotatable bonds is 4. The Morgan fingerprint density at radius 2 is 1.62 bits per heavy atom. The Bertz CT molecular complexity index is 1310. The Morgan fingerprint density at radius 1 is 0.912 bits per heavy atom. The van der Waals surface area contributed by atoms with E-state index in [1.165, 1.54) is 6.07 Å². The third-order valence-electron chi connectivity index (χ3n) is 6.18. The molecule has 1 aromatic heterocycles. The summed E-state index contributed by atoms with van der Waals surface area (Å²) < 4.78 is 41.6. The lowest BCUT2D eigenvalue weighted by Gasteiger charge is -2.33. The minimum atomic E-state index is -4.42. The second kappa shape index (κ2) is 8.85. The SMILES string of the molecule is O=C(c1ccccc1)N1CCC(n2c(Nc3cccc(C(F)(F)F)c3)nc3ccccc32)CC1. The number of imidazole rings is 1. The van der Waals surface area contributed by atoms with Crippen molar-refractivity contribution in [3.63, 3.8) is 0 Å². The number of piperidine rings is 1. The molecule has 1 saturated heterocycles. The molecule has 0 atom stereocenters. The molecule has 5 rings (SSSR count). The fraction of sp³-hybridized carbons (Fsp3) is 0.231. The molecule has 174 valence electrons. The number of aromatic nitrogens is 2. The van der Waals surface area contributed by atoms with Crippen LogP contribution in [0.2, 0.25) is 0 Å². The molecule has 1 aliphatic heterocycles. The largest absolute Gasteiger partial charge is 0.416 e. The zero-order valence-corrected chi connectivity index (χ0v) is 18.3. The molecule has 0 radical (unpaired) electrons. The third kappa shape index (κ3) is 4.35. The maximum Gasteiger partial charge on any atom is 0.416 e. The molecular formula is C26H23F3N4O. The lowest BCUT2D eigenvalue weighted by atomic mass is 10.0. The van der Waals surface area contributed by atoms with Crippen molar-refractivity contribution in [2.75, 3.05) is 18.4 Å². The van der Waals surface area contributed by atoms with Crippen LogP contribution in [0.15, 0.2) is 78.9 Å². The zero-order chi connectivity index (χ0) is 23.7. The lowest BCUT2D eigenvalue weighted by molar-refractivity contribution is -0.137. The number of fused-ring (bicyclic) bond motifs is 1. The molecule has 0 spiro atoms. The number of carbonyl (C=O) groups is 1. The molecule has 0 unspecified atom stereocenters. The van der Waals surface area contributed by atoms with Gasteiger partial charge in [0.2, 0.25) is 5.95 Å². The van der Waals surface area contributed by atoms with Crippen LogP contribution in [0.25, 0.3) is 11.0 Å². The first-order valence-corrected chi connectivity index (χ1v) is 11.2. The van der Waals surface area contributed by atoms with Gasteiger partial charge in [0.05, 0.1) is 16.6 Å². The average molecular weight is 464 g/mol. The third-order valence-corrected chi connectivity index (χ3v) is 6.18. The van der Waals surface area contributed by atoms with Gasteiger partial charge < -0.3 is 14.8 Å². The second-order valence-corrected chi connectivity index (χ2v) is 8.39. The number of alkyl halides is 3. The predicted molar refractivity (Wildman–Crippen MR) is 125 cm³/mol. The van der Waals surface area contributed by atoms with E-state index in [-0.39, 0.29) is 11.9 Å². The van der Waals surface area contributed by atoms with Crippen molar-refractivity contribution in [3.05, 3.63) is 90.0 Å². The first-order chi connectivity index (χ1) is 16.4. The van der Waals surface area contributed by atoms with E-state index in [0.29, 0.717) is 30.3 Å². The summed E-state index contributed by atoms with van der Waals surface area (Å²) in [6.45, 7) is 1.18. The van der Waals surface area contributed by atoms with E-state index in [4.69, 9.17) is 0 Å². The van der Waals surface area contributed by atoms with Crippen LogP contribution in [0, 0.1) is 0 Å². The van der Waals surface area contributed by atoms with Crippen molar-refractivity contribution in [1.29, 1.82) is 0 Å². The van der Waals surface area contributed by atoms with E-state index in [1.807, 2.05) is 59.5 Å². The van der Waals surface area contributed by atoms with Crippen molar-refractivity contribution >= 4 is 28.6 Å². The number of likely N-dealkylation sites (tertiary alicyclic amines) is 1. The monoisotopic (exact) mass is 464 g/mol. The maximum atomic E-state index is 13.2. The average Bonchev–Trinajstić information content (AvgIpc) is 3.21. The van der Waals surface area contributed by atoms with Gasteiger partial charge in [0.15, 0.2) is 0 Å². The number of para-hydroxylation sites is 2. The molecule has 0 bridgehead atoms. The Hall–Kier alpha value is -3.81. The molecule has 1 N–H and O–H groups in total. The number of hydrogen-bond donors (Lipinski definition) is 1. The second-order valence-electron chi connectivity index (χ2n) is 8.39. The minimum Gasteiger partial charge on any atom is -0.338 e. The van der Waals surface area contributed by atoms with Crippen molar-refractivity contribution in [1.82, 2.24) is 14.5 Å². The molecular weight excluding hydrogens is 441 g/mol. The van der Waals surface area contributed by atoms with Gasteiger partial charge in [0.1, 0.15) is 0 Å². The van der Waals surface area contributed by atoms with E-state index < -0.39 is 11.7 Å². The lowest BCUT2D eigenvalue weighted by Crippen LogP contribution is -2.39. The van der Waals surface area contributed by atoms with E-state index in [2.05, 4.69) is 14.9 Å². The van der Waals surface area contributed by atoms with Gasteiger partial charge in [-0.05, 0) is 55.3 Å². The molecule has 1 fully saturated rings. The molecule has 5 nitrogen and oxygen atoms in total. The van der Waals surface area contributed by atoms with E-state index in [1.54, 1.807) is 6.07 Å². The quantitative estimate of drug-likeness (QED) is 0.387. The fourth-order valence-electron chi connectivity index (χ4n) is 4.50. The van der Waals surface area contributed by atoms with Crippen molar-refractivity contribution in [3.8, 4) is 0 Å². The summed E-state index contributed by atoms with van der Waals surface area (Å²) in [7, 11) is 0. The number of halogens is 3. The Labute approximate surface area is 194 Å². The van der Waals surface area contributed by atoms with Crippen LogP contribution in [0.4, 0.5) is 24.8 Å². The number of carbonyl (C=O) groups excluding carboxylic acids is 1. The van der Waals surface area contributed by atoms with Crippen molar-refractivity contribution < 1.29 is 18.0 Å². The van der Waals surface area contributed by atoms with Gasteiger partial charge in [-0.25, -0.2) is 4.98 Å². The zero-order valence-electron chi connectivity index (χ0n) is 18.3. The standard InChI is InChI=1S/C26H23F3N4O/c27-26(28,29)19-9-6-10-20(17-19)30-25-31-22-11-4-5-12-23(22)33(25)21-13-15-32(16-14-21)24(34)18-7-2-1-3-8-18/h1-12,17,21H,13-16H2,(H,30,31). The molecule has 8 heteroatoms. The highest BCUT2D eigenvalue weighted by Crippen LogP contribution is 2.34. The predicted octanol–water partition coefficient (Wildman–Crippen LogP) is 6.28. The van der Waals surface area contributed by atoms with Crippen LogP contribution in [-0.4, -0.2) is 33.4 Å². The van der Waals surface area contributed by atoms with Crippen LogP contribution >= 0.6 is 0 Å². The van der Waals surface area contributed by atoms with E-state index >= 15 is 0 Å². The highest BCUT2D eigenvalue weighted by Gasteiger charge is 2.31. The first-order valence-electron chi connectivity index (χ1n) is 11.2. The Balaban J connectivity index is 1.41. The molecule has 3 aromatic carbocycles. The molecule has 1 aliphatic rings. The van der Waals surface area contributed by atoms with Gasteiger partial charge in [-0.15, -0.1) is 0 Å². The summed E-state index contributed by atoms with van der Waals surface area (Å²) in [5, 5.41) is 3.10. The number of nitrogens with zero attached hydrogens (tertiary/aromatic N) is 3. The minimum absolute atomic E-state index is 0.0110. The van der Waals surface area contributed by atoms with Gasteiger partial charge in [0, 0.05) is 30.4 Å². The van der Waals surface area contributed by atoms with E-state index in [9.17, 15) is 18.0 Å². The van der Waals surface area contributed by atoms with Gasteiger partial charge in [0.25, 0.3) is 5.91 Å². The first kappa shape index (κ1) is 22.0. The normalized spacial score (nSPS) is 15.0. The molecule has 0 aliphatic carbocycles. The number of nitrogens with one attached hydrogen (secondary N) is 1. The molecule has 2 heterocycles. The Kier molecular flexibility index (Phi) is 5.73. The Morgan fingerprint density at radius 3 is 2.35 bits per heavy atom. The number of anilines is 2. The molecule has 34 heavy (non-hydrogen) atoms. The summed E-state index contributed by atoms with van der Waals surface area (Å²) in [5.74, 6) is 0.505. The van der Waals surface area contributed by atoms with Gasteiger partial charge in [-0.1, -0.05) is 36.4 Å². The molecule has 4 aromatic rings. The topological polar surface area (TPSA) is 50.2 Å². The molecule has 0 saturated carbocycles. The summed E-state index contributed by atoms with van der Waals surface area (Å²) in [5.41, 5.74) is 1.95. The van der Waals surface area contributed by atoms with Crippen LogP contribution in [-0.2, 0) is 6.18 Å². The van der Waals surface area contributed by atoms with Crippen LogP contribution < -0.4 is 5.32 Å². The highest BCUT2D eigenvalue weighted by atomic mass is 19.4. The molecule has 1 amide bonds.